The molecule has 0 spiro atoms. The zero-order chi connectivity index (χ0) is 22.8. The van der Waals surface area contributed by atoms with Crippen molar-refractivity contribution in [3.63, 3.8) is 0 Å². The smallest absolute Gasteiger partial charge is 0.0525 e. The summed E-state index contributed by atoms with van der Waals surface area (Å²) < 4.78 is 0. The maximum atomic E-state index is 2.66. The molecule has 0 fully saturated rings. The summed E-state index contributed by atoms with van der Waals surface area (Å²) in [6, 6.07) is 23.0. The van der Waals surface area contributed by atoms with Gasteiger partial charge in [0.05, 0.1) is 5.41 Å². The lowest BCUT2D eigenvalue weighted by molar-refractivity contribution is 0.308. The second kappa shape index (κ2) is 9.06. The first-order chi connectivity index (χ1) is 16.9. The maximum Gasteiger partial charge on any atom is 0.0525 e. The molecule has 0 radical (unpaired) electrons. The minimum atomic E-state index is -0.181. The molecular formula is C34H36. The second-order valence-electron chi connectivity index (χ2n) is 10.5. The predicted octanol–water partition coefficient (Wildman–Crippen LogP) is 9.08. The van der Waals surface area contributed by atoms with Crippen LogP contribution in [0.25, 0.3) is 0 Å². The van der Waals surface area contributed by atoms with E-state index in [9.17, 15) is 0 Å². The topological polar surface area (TPSA) is 0 Å². The van der Waals surface area contributed by atoms with Gasteiger partial charge in [0.25, 0.3) is 0 Å². The SMILES string of the molecule is C1=CC2=C3CCCCC/C=C3/C3=C/CCCCC[C@]3(c3ccccc3)[C@]2(c2ccccc2)C=C1. The van der Waals surface area contributed by atoms with E-state index in [-0.39, 0.29) is 10.8 Å². The molecule has 4 aliphatic carbocycles. The highest BCUT2D eigenvalue weighted by Crippen LogP contribution is 2.64. The van der Waals surface area contributed by atoms with Crippen molar-refractivity contribution in [1.29, 1.82) is 0 Å². The van der Waals surface area contributed by atoms with Gasteiger partial charge in [-0.3, -0.25) is 0 Å². The van der Waals surface area contributed by atoms with E-state index in [4.69, 9.17) is 0 Å². The third-order valence-electron chi connectivity index (χ3n) is 8.80. The van der Waals surface area contributed by atoms with Crippen LogP contribution in [-0.4, -0.2) is 0 Å². The average molecular weight is 445 g/mol. The Hall–Kier alpha value is -2.86. The van der Waals surface area contributed by atoms with Gasteiger partial charge in [-0.05, 0) is 78.4 Å². The highest BCUT2D eigenvalue weighted by Gasteiger charge is 2.59. The number of hydrogen-bond acceptors (Lipinski definition) is 0. The van der Waals surface area contributed by atoms with Gasteiger partial charge in [-0.1, -0.05) is 116 Å². The van der Waals surface area contributed by atoms with Crippen LogP contribution >= 0.6 is 0 Å². The normalized spacial score (nSPS) is 31.9. The van der Waals surface area contributed by atoms with Crippen molar-refractivity contribution < 1.29 is 0 Å². The highest BCUT2D eigenvalue weighted by atomic mass is 14.6. The van der Waals surface area contributed by atoms with Gasteiger partial charge >= 0.3 is 0 Å². The first kappa shape index (κ1) is 21.7. The monoisotopic (exact) mass is 444 g/mol. The Morgan fingerprint density at radius 2 is 1.32 bits per heavy atom. The maximum absolute atomic E-state index is 2.66. The molecule has 4 aliphatic rings. The summed E-state index contributed by atoms with van der Waals surface area (Å²) in [5, 5.41) is 0. The van der Waals surface area contributed by atoms with Crippen LogP contribution in [0.4, 0.5) is 0 Å². The predicted molar refractivity (Wildman–Crippen MR) is 144 cm³/mol. The van der Waals surface area contributed by atoms with E-state index < -0.39 is 0 Å². The van der Waals surface area contributed by atoms with Crippen molar-refractivity contribution in [2.24, 2.45) is 0 Å². The van der Waals surface area contributed by atoms with E-state index in [2.05, 4.69) is 97.1 Å². The van der Waals surface area contributed by atoms with Gasteiger partial charge in [0.15, 0.2) is 0 Å². The summed E-state index contributed by atoms with van der Waals surface area (Å²) in [5.41, 5.74) is 9.00. The molecule has 2 aromatic carbocycles. The van der Waals surface area contributed by atoms with E-state index in [0.717, 1.165) is 0 Å². The Morgan fingerprint density at radius 1 is 0.618 bits per heavy atom. The molecular weight excluding hydrogens is 408 g/mol. The van der Waals surface area contributed by atoms with Crippen LogP contribution in [0.3, 0.4) is 0 Å². The van der Waals surface area contributed by atoms with E-state index in [0.29, 0.717) is 0 Å². The zero-order valence-corrected chi connectivity index (χ0v) is 20.3. The third kappa shape index (κ3) is 3.18. The Kier molecular flexibility index (Phi) is 5.77. The van der Waals surface area contributed by atoms with Gasteiger partial charge < -0.3 is 0 Å². The molecule has 172 valence electrons. The van der Waals surface area contributed by atoms with Crippen molar-refractivity contribution in [3.8, 4) is 0 Å². The zero-order valence-electron chi connectivity index (χ0n) is 20.3. The molecule has 0 unspecified atom stereocenters. The fraction of sp³-hybridized carbons (Fsp3) is 0.353. The number of hydrogen-bond donors (Lipinski definition) is 0. The van der Waals surface area contributed by atoms with Crippen LogP contribution in [0.15, 0.2) is 119 Å². The average Bonchev–Trinajstić information content (AvgIpc) is 2.86. The van der Waals surface area contributed by atoms with Gasteiger partial charge in [0, 0.05) is 5.41 Å². The van der Waals surface area contributed by atoms with E-state index in [1.807, 2.05) is 0 Å². The second-order valence-corrected chi connectivity index (χ2v) is 10.5. The van der Waals surface area contributed by atoms with Crippen molar-refractivity contribution in [2.45, 2.75) is 75.0 Å². The summed E-state index contributed by atoms with van der Waals surface area (Å²) >= 11 is 0. The molecule has 0 heterocycles. The van der Waals surface area contributed by atoms with E-state index >= 15 is 0 Å². The Bertz CT molecular complexity index is 1190. The minimum absolute atomic E-state index is 0.0961. The Balaban J connectivity index is 1.79. The largest absolute Gasteiger partial charge is 0.0798 e. The molecule has 34 heavy (non-hydrogen) atoms. The quantitative estimate of drug-likeness (QED) is 0.433. The standard InChI is InChI=1S/C34H36/c1-2-12-22-30-29(21-11-1)31-23-13-3-4-15-25-33(31,27-17-7-5-8-18-27)34(26-16-14-24-32(30)34)28-19-9-6-10-20-28/h5-10,14,16-21,23-24,26H,1-4,11-13,15,22,25H2/b29-21+,31-23-/t33-,34+/m1/s1. The molecule has 2 atom stereocenters. The van der Waals surface area contributed by atoms with Crippen LogP contribution in [0.2, 0.25) is 0 Å². The molecule has 0 bridgehead atoms. The fourth-order valence-corrected chi connectivity index (χ4v) is 7.43. The molecule has 0 aliphatic heterocycles. The molecule has 0 saturated heterocycles. The molecule has 0 aromatic heterocycles. The summed E-state index contributed by atoms with van der Waals surface area (Å²) in [6.07, 6.45) is 27.5. The van der Waals surface area contributed by atoms with Crippen molar-refractivity contribution in [3.05, 3.63) is 131 Å². The summed E-state index contributed by atoms with van der Waals surface area (Å²) in [6.45, 7) is 0. The third-order valence-corrected chi connectivity index (χ3v) is 8.80. The molecule has 0 saturated carbocycles. The molecule has 0 heteroatoms. The Labute approximate surface area is 205 Å². The summed E-state index contributed by atoms with van der Waals surface area (Å²) in [7, 11) is 0. The first-order valence-electron chi connectivity index (χ1n) is 13.5. The lowest BCUT2D eigenvalue weighted by atomic mass is 9.44. The molecule has 0 nitrogen and oxygen atoms in total. The van der Waals surface area contributed by atoms with Crippen LogP contribution in [0.1, 0.15) is 75.3 Å². The number of fused-ring (bicyclic) bond motifs is 5. The van der Waals surface area contributed by atoms with E-state index in [1.54, 1.807) is 22.3 Å². The minimum Gasteiger partial charge on any atom is -0.0798 e. The van der Waals surface area contributed by atoms with Crippen molar-refractivity contribution in [2.75, 3.05) is 0 Å². The number of benzene rings is 2. The lowest BCUT2D eigenvalue weighted by Crippen LogP contribution is -2.54. The van der Waals surface area contributed by atoms with Crippen LogP contribution in [0.5, 0.6) is 0 Å². The van der Waals surface area contributed by atoms with Gasteiger partial charge in [0.1, 0.15) is 0 Å². The van der Waals surface area contributed by atoms with Gasteiger partial charge in [0.2, 0.25) is 0 Å². The van der Waals surface area contributed by atoms with Crippen molar-refractivity contribution in [1.82, 2.24) is 0 Å². The lowest BCUT2D eigenvalue weighted by Gasteiger charge is -2.58. The number of allylic oxidation sites excluding steroid dienone is 10. The summed E-state index contributed by atoms with van der Waals surface area (Å²) in [5.74, 6) is 0. The van der Waals surface area contributed by atoms with Crippen LogP contribution in [0, 0.1) is 0 Å². The molecule has 6 rings (SSSR count). The molecule has 0 N–H and O–H groups in total. The van der Waals surface area contributed by atoms with Gasteiger partial charge in [-0.15, -0.1) is 0 Å². The Morgan fingerprint density at radius 3 is 2.12 bits per heavy atom. The van der Waals surface area contributed by atoms with Crippen LogP contribution < -0.4 is 0 Å². The summed E-state index contributed by atoms with van der Waals surface area (Å²) in [4.78, 5) is 0. The fourth-order valence-electron chi connectivity index (χ4n) is 7.43. The molecule has 0 amide bonds. The van der Waals surface area contributed by atoms with Crippen LogP contribution in [-0.2, 0) is 10.8 Å². The van der Waals surface area contributed by atoms with Gasteiger partial charge in [-0.2, -0.15) is 0 Å². The molecule has 2 aromatic rings. The highest BCUT2D eigenvalue weighted by molar-refractivity contribution is 5.73. The number of rotatable bonds is 2. The first-order valence-corrected chi connectivity index (χ1v) is 13.5. The van der Waals surface area contributed by atoms with Gasteiger partial charge in [-0.25, -0.2) is 0 Å². The van der Waals surface area contributed by atoms with E-state index in [1.165, 1.54) is 75.3 Å². The van der Waals surface area contributed by atoms with Crippen molar-refractivity contribution >= 4 is 0 Å².